The predicted molar refractivity (Wildman–Crippen MR) is 90.3 cm³/mol. The zero-order valence-corrected chi connectivity index (χ0v) is 13.1. The summed E-state index contributed by atoms with van der Waals surface area (Å²) in [5, 5.41) is 12.1. The van der Waals surface area contributed by atoms with Crippen molar-refractivity contribution < 1.29 is 9.90 Å². The van der Waals surface area contributed by atoms with E-state index in [1.54, 1.807) is 18.3 Å². The van der Waals surface area contributed by atoms with Crippen LogP contribution in [0, 0.1) is 6.92 Å². The summed E-state index contributed by atoms with van der Waals surface area (Å²) in [6.45, 7) is 1.97. The number of carboxylic acid groups (broad SMARTS) is 1. The molecular weight excluding hydrogens is 304 g/mol. The maximum absolute atomic E-state index is 10.8. The van der Waals surface area contributed by atoms with Gasteiger partial charge in [-0.3, -0.25) is 10.3 Å². The number of rotatable bonds is 3. The molecule has 2 N–H and O–H groups in total. The molecule has 0 saturated heterocycles. The van der Waals surface area contributed by atoms with Crippen molar-refractivity contribution in [2.24, 2.45) is 0 Å². The minimum Gasteiger partial charge on any atom is -0.465 e. The van der Waals surface area contributed by atoms with Crippen LogP contribution >= 0.6 is 0 Å². The van der Waals surface area contributed by atoms with Crippen LogP contribution in [0.15, 0.2) is 42.7 Å². The van der Waals surface area contributed by atoms with Crippen LogP contribution in [0.5, 0.6) is 0 Å². The monoisotopic (exact) mass is 320 g/mol. The lowest BCUT2D eigenvalue weighted by atomic mass is 10.1. The number of carbonyl (C=O) groups is 1. The Morgan fingerprint density at radius 3 is 2.88 bits per heavy atom. The Kier molecular flexibility index (Phi) is 3.37. The van der Waals surface area contributed by atoms with E-state index in [0.29, 0.717) is 17.5 Å². The summed E-state index contributed by atoms with van der Waals surface area (Å²) in [6, 6.07) is 9.31. The number of anilines is 1. The van der Waals surface area contributed by atoms with Gasteiger partial charge in [0.25, 0.3) is 0 Å². The van der Waals surface area contributed by atoms with Crippen molar-refractivity contribution >= 4 is 22.7 Å². The smallest absolute Gasteiger partial charge is 0.409 e. The first-order chi connectivity index (χ1) is 11.6. The molecule has 0 spiro atoms. The minimum absolute atomic E-state index is 0.337. The van der Waals surface area contributed by atoms with Crippen LogP contribution in [0.1, 0.15) is 35.3 Å². The van der Waals surface area contributed by atoms with Gasteiger partial charge in [-0.25, -0.2) is 14.8 Å². The first kappa shape index (κ1) is 14.6. The molecule has 1 aliphatic rings. The van der Waals surface area contributed by atoms with Crippen LogP contribution in [0.2, 0.25) is 0 Å². The van der Waals surface area contributed by atoms with Gasteiger partial charge in [0.2, 0.25) is 0 Å². The van der Waals surface area contributed by atoms with E-state index in [2.05, 4.69) is 26.3 Å². The van der Waals surface area contributed by atoms with Crippen LogP contribution in [-0.4, -0.2) is 26.2 Å². The molecule has 6 heteroatoms. The molecule has 24 heavy (non-hydrogen) atoms. The molecule has 2 atom stereocenters. The normalized spacial score (nSPS) is 19.2. The molecule has 0 bridgehead atoms. The van der Waals surface area contributed by atoms with Crippen molar-refractivity contribution in [1.82, 2.24) is 15.0 Å². The first-order valence-corrected chi connectivity index (χ1v) is 7.79. The van der Waals surface area contributed by atoms with Gasteiger partial charge in [-0.05, 0) is 55.2 Å². The number of fused-ring (bicyclic) bond motifs is 1. The third-order valence-corrected chi connectivity index (χ3v) is 4.32. The molecule has 4 rings (SSSR count). The van der Waals surface area contributed by atoms with Gasteiger partial charge in [0.15, 0.2) is 0 Å². The van der Waals surface area contributed by atoms with Crippen molar-refractivity contribution in [2.45, 2.75) is 25.2 Å². The zero-order valence-electron chi connectivity index (χ0n) is 13.1. The van der Waals surface area contributed by atoms with Gasteiger partial charge in [0.05, 0.1) is 5.52 Å². The summed E-state index contributed by atoms with van der Waals surface area (Å²) in [6.07, 6.45) is 3.64. The standard InChI is InChI=1S/C18H16N4O2/c1-10-4-5-19-17(21-10)15-8-14(15)12-6-11-7-13(22-18(23)24)2-3-16(11)20-9-12/h2-7,9,14-15,22H,8H2,1H3,(H,23,24)/t14-,15+/m1/s1. The van der Waals surface area contributed by atoms with Crippen LogP contribution < -0.4 is 5.32 Å². The van der Waals surface area contributed by atoms with E-state index in [4.69, 9.17) is 5.11 Å². The Bertz CT molecular complexity index is 941. The van der Waals surface area contributed by atoms with E-state index in [-0.39, 0.29) is 0 Å². The number of benzene rings is 1. The topological polar surface area (TPSA) is 88.0 Å². The fourth-order valence-electron chi connectivity index (χ4n) is 3.05. The molecule has 2 heterocycles. The number of nitrogens with one attached hydrogen (secondary N) is 1. The average molecular weight is 320 g/mol. The van der Waals surface area contributed by atoms with Crippen molar-refractivity contribution in [2.75, 3.05) is 5.32 Å². The second kappa shape index (κ2) is 5.56. The predicted octanol–water partition coefficient (Wildman–Crippen LogP) is 3.69. The molecular formula is C18H16N4O2. The fourth-order valence-corrected chi connectivity index (χ4v) is 3.05. The third kappa shape index (κ3) is 2.78. The Hall–Kier alpha value is -3.02. The maximum Gasteiger partial charge on any atom is 0.409 e. The highest BCUT2D eigenvalue weighted by molar-refractivity contribution is 5.89. The number of pyridine rings is 1. The summed E-state index contributed by atoms with van der Waals surface area (Å²) in [4.78, 5) is 24.2. The molecule has 0 aliphatic heterocycles. The lowest BCUT2D eigenvalue weighted by molar-refractivity contribution is 0.210. The summed E-state index contributed by atoms with van der Waals surface area (Å²) >= 11 is 0. The lowest BCUT2D eigenvalue weighted by Gasteiger charge is -2.06. The van der Waals surface area contributed by atoms with E-state index in [9.17, 15) is 4.79 Å². The van der Waals surface area contributed by atoms with Crippen molar-refractivity contribution in [3.05, 3.63) is 59.8 Å². The van der Waals surface area contributed by atoms with Crippen molar-refractivity contribution in [3.63, 3.8) is 0 Å². The highest BCUT2D eigenvalue weighted by atomic mass is 16.4. The van der Waals surface area contributed by atoms with Crippen LogP contribution in [0.25, 0.3) is 10.9 Å². The fraction of sp³-hybridized carbons (Fsp3) is 0.222. The molecule has 1 fully saturated rings. The molecule has 120 valence electrons. The van der Waals surface area contributed by atoms with E-state index >= 15 is 0 Å². The molecule has 1 aliphatic carbocycles. The van der Waals surface area contributed by atoms with Gasteiger partial charge in [-0.2, -0.15) is 0 Å². The Balaban J connectivity index is 1.62. The number of hydrogen-bond donors (Lipinski definition) is 2. The number of nitrogens with zero attached hydrogens (tertiary/aromatic N) is 3. The van der Waals surface area contributed by atoms with Crippen molar-refractivity contribution in [3.8, 4) is 0 Å². The number of amides is 1. The Morgan fingerprint density at radius 1 is 1.21 bits per heavy atom. The molecule has 2 aromatic heterocycles. The largest absolute Gasteiger partial charge is 0.465 e. The molecule has 1 amide bonds. The van der Waals surface area contributed by atoms with Crippen LogP contribution in [0.4, 0.5) is 10.5 Å². The van der Waals surface area contributed by atoms with E-state index in [1.165, 1.54) is 0 Å². The SMILES string of the molecule is Cc1ccnc([C@H]2C[C@@H]2c2cnc3ccc(NC(=O)O)cc3c2)n1. The molecule has 0 radical (unpaired) electrons. The van der Waals surface area contributed by atoms with Gasteiger partial charge in [0.1, 0.15) is 5.82 Å². The lowest BCUT2D eigenvalue weighted by Crippen LogP contribution is -2.06. The highest BCUT2D eigenvalue weighted by Gasteiger charge is 2.42. The van der Waals surface area contributed by atoms with E-state index < -0.39 is 6.09 Å². The second-order valence-corrected chi connectivity index (χ2v) is 6.11. The number of aromatic nitrogens is 3. The summed E-state index contributed by atoms with van der Waals surface area (Å²) in [7, 11) is 0. The quantitative estimate of drug-likeness (QED) is 0.768. The molecule has 1 aromatic carbocycles. The van der Waals surface area contributed by atoms with Gasteiger partial charge in [-0.15, -0.1) is 0 Å². The Morgan fingerprint density at radius 2 is 2.08 bits per heavy atom. The molecule has 1 saturated carbocycles. The van der Waals surface area contributed by atoms with Gasteiger partial charge >= 0.3 is 6.09 Å². The highest BCUT2D eigenvalue weighted by Crippen LogP contribution is 2.53. The maximum atomic E-state index is 10.8. The van der Waals surface area contributed by atoms with Gasteiger partial charge < -0.3 is 5.11 Å². The second-order valence-electron chi connectivity index (χ2n) is 6.11. The van der Waals surface area contributed by atoms with Crippen LogP contribution in [-0.2, 0) is 0 Å². The molecule has 0 unspecified atom stereocenters. The van der Waals surface area contributed by atoms with Gasteiger partial charge in [0, 0.05) is 35.1 Å². The first-order valence-electron chi connectivity index (χ1n) is 7.79. The molecule has 6 nitrogen and oxygen atoms in total. The zero-order chi connectivity index (χ0) is 16.7. The van der Waals surface area contributed by atoms with E-state index in [1.807, 2.05) is 25.3 Å². The van der Waals surface area contributed by atoms with Crippen molar-refractivity contribution in [1.29, 1.82) is 0 Å². The summed E-state index contributed by atoms with van der Waals surface area (Å²) < 4.78 is 0. The van der Waals surface area contributed by atoms with Crippen LogP contribution in [0.3, 0.4) is 0 Å². The average Bonchev–Trinajstić information content (AvgIpc) is 3.34. The Labute approximate surface area is 138 Å². The van der Waals surface area contributed by atoms with E-state index in [0.717, 1.165) is 34.4 Å². The summed E-state index contributed by atoms with van der Waals surface area (Å²) in [5.41, 5.74) is 3.51. The number of aryl methyl sites for hydroxylation is 1. The van der Waals surface area contributed by atoms with Gasteiger partial charge in [-0.1, -0.05) is 0 Å². The number of hydrogen-bond acceptors (Lipinski definition) is 4. The third-order valence-electron chi connectivity index (χ3n) is 4.32. The molecule has 3 aromatic rings. The minimum atomic E-state index is -1.07. The summed E-state index contributed by atoms with van der Waals surface area (Å²) in [5.74, 6) is 1.60.